The van der Waals surface area contributed by atoms with Gasteiger partial charge in [-0.3, -0.25) is 9.59 Å². The average Bonchev–Trinajstić information content (AvgIpc) is 3.64. The largest absolute Gasteiger partial charge is 0.334 e. The summed E-state index contributed by atoms with van der Waals surface area (Å²) >= 11 is 0. The Hall–Kier alpha value is -3.40. The van der Waals surface area contributed by atoms with Gasteiger partial charge in [0.15, 0.2) is 0 Å². The third kappa shape index (κ3) is 5.35. The van der Waals surface area contributed by atoms with Crippen molar-refractivity contribution in [2.24, 2.45) is 5.92 Å². The van der Waals surface area contributed by atoms with E-state index in [-0.39, 0.29) is 17.7 Å². The number of nitrogens with one attached hydrogen (secondary N) is 1. The third-order valence-electron chi connectivity index (χ3n) is 5.36. The molecule has 1 saturated carbocycles. The van der Waals surface area contributed by atoms with Crippen molar-refractivity contribution in [2.75, 3.05) is 11.9 Å². The summed E-state index contributed by atoms with van der Waals surface area (Å²) in [5.41, 5.74) is 3.68. The first-order valence-electron chi connectivity index (χ1n) is 10.5. The first-order chi connectivity index (χ1) is 14.7. The SMILES string of the molecule is O=C(Nc1ccc(C(=O)N(CCc2ccccc2)Cc2ccccc2)cc1)C1CC1. The molecule has 1 aliphatic carbocycles. The molecular weight excluding hydrogens is 372 g/mol. The predicted molar refractivity (Wildman–Crippen MR) is 119 cm³/mol. The molecule has 0 saturated heterocycles. The standard InChI is InChI=1S/C26H26N2O2/c29-25(22-11-12-22)27-24-15-13-23(14-16-24)26(30)28(19-21-9-5-2-6-10-21)18-17-20-7-3-1-4-8-20/h1-10,13-16,22H,11-12,17-19H2,(H,27,29). The molecule has 0 aromatic heterocycles. The number of hydrogen-bond acceptors (Lipinski definition) is 2. The van der Waals surface area contributed by atoms with Crippen LogP contribution in [0.4, 0.5) is 5.69 Å². The van der Waals surface area contributed by atoms with Crippen LogP contribution in [-0.2, 0) is 17.8 Å². The summed E-state index contributed by atoms with van der Waals surface area (Å²) < 4.78 is 0. The lowest BCUT2D eigenvalue weighted by atomic mass is 10.1. The second-order valence-electron chi connectivity index (χ2n) is 7.79. The highest BCUT2D eigenvalue weighted by molar-refractivity contribution is 5.96. The lowest BCUT2D eigenvalue weighted by Gasteiger charge is -2.23. The maximum Gasteiger partial charge on any atom is 0.254 e. The van der Waals surface area contributed by atoms with Gasteiger partial charge in [-0.15, -0.1) is 0 Å². The van der Waals surface area contributed by atoms with Gasteiger partial charge >= 0.3 is 0 Å². The molecule has 1 fully saturated rings. The molecule has 4 rings (SSSR count). The highest BCUT2D eigenvalue weighted by atomic mass is 16.2. The van der Waals surface area contributed by atoms with Gasteiger partial charge in [-0.2, -0.15) is 0 Å². The van der Waals surface area contributed by atoms with Gasteiger partial charge < -0.3 is 10.2 Å². The van der Waals surface area contributed by atoms with Gasteiger partial charge in [0.05, 0.1) is 0 Å². The van der Waals surface area contributed by atoms with Gasteiger partial charge in [0.1, 0.15) is 0 Å². The van der Waals surface area contributed by atoms with Crippen LogP contribution in [0.25, 0.3) is 0 Å². The van der Waals surface area contributed by atoms with Crippen molar-refractivity contribution in [3.05, 3.63) is 102 Å². The quantitative estimate of drug-likeness (QED) is 0.585. The topological polar surface area (TPSA) is 49.4 Å². The summed E-state index contributed by atoms with van der Waals surface area (Å²) in [7, 11) is 0. The van der Waals surface area contributed by atoms with Gasteiger partial charge in [-0.1, -0.05) is 60.7 Å². The number of benzene rings is 3. The summed E-state index contributed by atoms with van der Waals surface area (Å²) in [6.45, 7) is 1.20. The Bertz CT molecular complexity index is 981. The Balaban J connectivity index is 1.46. The Labute approximate surface area is 177 Å². The number of carbonyl (C=O) groups excluding carboxylic acids is 2. The van der Waals surface area contributed by atoms with Crippen molar-refractivity contribution in [1.29, 1.82) is 0 Å². The maximum atomic E-state index is 13.3. The van der Waals surface area contributed by atoms with E-state index in [2.05, 4.69) is 17.4 Å². The van der Waals surface area contributed by atoms with E-state index in [0.29, 0.717) is 18.7 Å². The second-order valence-corrected chi connectivity index (χ2v) is 7.79. The minimum Gasteiger partial charge on any atom is -0.334 e. The molecule has 3 aromatic rings. The summed E-state index contributed by atoms with van der Waals surface area (Å²) in [6, 6.07) is 27.5. The van der Waals surface area contributed by atoms with Crippen LogP contribution in [-0.4, -0.2) is 23.3 Å². The smallest absolute Gasteiger partial charge is 0.254 e. The minimum atomic E-state index is -0.00477. The Morgan fingerprint density at radius 3 is 2.00 bits per heavy atom. The van der Waals surface area contributed by atoms with Crippen LogP contribution in [0.5, 0.6) is 0 Å². The first kappa shape index (κ1) is 19.9. The lowest BCUT2D eigenvalue weighted by molar-refractivity contribution is -0.117. The zero-order valence-corrected chi connectivity index (χ0v) is 17.0. The average molecular weight is 399 g/mol. The summed E-state index contributed by atoms with van der Waals surface area (Å²) in [5, 5.41) is 2.92. The van der Waals surface area contributed by atoms with Crippen molar-refractivity contribution in [3.63, 3.8) is 0 Å². The molecule has 0 spiro atoms. The van der Waals surface area contributed by atoms with E-state index in [9.17, 15) is 9.59 Å². The van der Waals surface area contributed by atoms with Gasteiger partial charge in [-0.05, 0) is 54.7 Å². The molecule has 1 N–H and O–H groups in total. The van der Waals surface area contributed by atoms with Crippen LogP contribution in [0.15, 0.2) is 84.9 Å². The molecule has 3 aromatic carbocycles. The summed E-state index contributed by atoms with van der Waals surface area (Å²) in [5.74, 6) is 0.225. The molecule has 1 aliphatic rings. The van der Waals surface area contributed by atoms with Crippen molar-refractivity contribution in [3.8, 4) is 0 Å². The normalized spacial score (nSPS) is 12.9. The molecule has 0 atom stereocenters. The van der Waals surface area contributed by atoms with E-state index in [0.717, 1.165) is 30.5 Å². The highest BCUT2D eigenvalue weighted by Crippen LogP contribution is 2.30. The Morgan fingerprint density at radius 1 is 0.800 bits per heavy atom. The second kappa shape index (κ2) is 9.40. The number of amides is 2. The summed E-state index contributed by atoms with van der Waals surface area (Å²) in [4.78, 5) is 27.1. The maximum absolute atomic E-state index is 13.3. The van der Waals surface area contributed by atoms with Crippen LogP contribution < -0.4 is 5.32 Å². The Kier molecular flexibility index (Phi) is 6.23. The van der Waals surface area contributed by atoms with Crippen LogP contribution in [0.3, 0.4) is 0 Å². The predicted octanol–water partition coefficient (Wildman–Crippen LogP) is 4.92. The minimum absolute atomic E-state index is 0.00477. The number of carbonyl (C=O) groups is 2. The van der Waals surface area contributed by atoms with E-state index >= 15 is 0 Å². The summed E-state index contributed by atoms with van der Waals surface area (Å²) in [6.07, 6.45) is 2.74. The molecule has 4 heteroatoms. The number of hydrogen-bond donors (Lipinski definition) is 1. The third-order valence-corrected chi connectivity index (χ3v) is 5.36. The lowest BCUT2D eigenvalue weighted by Crippen LogP contribution is -2.32. The van der Waals surface area contributed by atoms with Gasteiger partial charge in [-0.25, -0.2) is 0 Å². The van der Waals surface area contributed by atoms with Crippen LogP contribution >= 0.6 is 0 Å². The van der Waals surface area contributed by atoms with Crippen molar-refractivity contribution >= 4 is 17.5 Å². The molecule has 0 unspecified atom stereocenters. The van der Waals surface area contributed by atoms with Gasteiger partial charge in [0.2, 0.25) is 5.91 Å². The fraction of sp³-hybridized carbons (Fsp3) is 0.231. The van der Waals surface area contributed by atoms with Crippen molar-refractivity contribution in [1.82, 2.24) is 4.90 Å². The van der Waals surface area contributed by atoms with Crippen LogP contribution in [0, 0.1) is 5.92 Å². The van der Waals surface area contributed by atoms with Crippen molar-refractivity contribution in [2.45, 2.75) is 25.8 Å². The van der Waals surface area contributed by atoms with E-state index < -0.39 is 0 Å². The van der Waals surface area contributed by atoms with Crippen LogP contribution in [0.2, 0.25) is 0 Å². The molecule has 2 amide bonds. The highest BCUT2D eigenvalue weighted by Gasteiger charge is 2.29. The molecule has 0 aliphatic heterocycles. The van der Waals surface area contributed by atoms with Gasteiger partial charge in [0, 0.05) is 30.3 Å². The zero-order valence-electron chi connectivity index (χ0n) is 17.0. The Morgan fingerprint density at radius 2 is 1.40 bits per heavy atom. The van der Waals surface area contributed by atoms with E-state index in [4.69, 9.17) is 0 Å². The molecule has 0 radical (unpaired) electrons. The molecule has 152 valence electrons. The first-order valence-corrected chi connectivity index (χ1v) is 10.5. The van der Waals surface area contributed by atoms with Crippen LogP contribution in [0.1, 0.15) is 34.3 Å². The van der Waals surface area contributed by atoms with Crippen molar-refractivity contribution < 1.29 is 9.59 Å². The molecule has 4 nitrogen and oxygen atoms in total. The molecule has 0 heterocycles. The fourth-order valence-electron chi connectivity index (χ4n) is 3.43. The zero-order chi connectivity index (χ0) is 20.8. The van der Waals surface area contributed by atoms with E-state index in [1.54, 1.807) is 12.1 Å². The fourth-order valence-corrected chi connectivity index (χ4v) is 3.43. The van der Waals surface area contributed by atoms with E-state index in [1.807, 2.05) is 65.6 Å². The monoisotopic (exact) mass is 398 g/mol. The number of nitrogens with zero attached hydrogens (tertiary/aromatic N) is 1. The van der Waals surface area contributed by atoms with E-state index in [1.165, 1.54) is 5.56 Å². The molecular formula is C26H26N2O2. The number of anilines is 1. The molecule has 30 heavy (non-hydrogen) atoms. The van der Waals surface area contributed by atoms with Gasteiger partial charge in [0.25, 0.3) is 5.91 Å². The number of rotatable bonds is 8. The molecule has 0 bridgehead atoms.